The number of rotatable bonds is 7. The van der Waals surface area contributed by atoms with Crippen molar-refractivity contribution >= 4 is 29.1 Å². The van der Waals surface area contributed by atoms with Crippen molar-refractivity contribution in [1.82, 2.24) is 15.3 Å². The van der Waals surface area contributed by atoms with Crippen molar-refractivity contribution < 1.29 is 31.9 Å². The minimum absolute atomic E-state index is 0.00138. The van der Waals surface area contributed by atoms with Gasteiger partial charge in [0.15, 0.2) is 5.54 Å². The largest absolute Gasteiger partial charge is 0.398 e. The number of amides is 2. The number of hydrogen-bond acceptors (Lipinski definition) is 5. The van der Waals surface area contributed by atoms with Gasteiger partial charge in [-0.25, -0.2) is 14.4 Å². The number of halogens is 5. The van der Waals surface area contributed by atoms with Crippen LogP contribution >= 0.6 is 11.6 Å². The van der Waals surface area contributed by atoms with Gasteiger partial charge in [-0.15, -0.1) is 0 Å². The summed E-state index contributed by atoms with van der Waals surface area (Å²) in [5, 5.41) is 2.88. The molecular weight excluding hydrogens is 504 g/mol. The minimum atomic E-state index is -4.43. The predicted molar refractivity (Wildman–Crippen MR) is 123 cm³/mol. The van der Waals surface area contributed by atoms with Crippen molar-refractivity contribution in [3.05, 3.63) is 54.1 Å². The molecule has 0 radical (unpaired) electrons. The summed E-state index contributed by atoms with van der Waals surface area (Å²) in [6.45, 7) is 2.27. The molecule has 2 amide bonds. The highest BCUT2D eigenvalue weighted by Gasteiger charge is 2.64. The molecule has 1 aromatic heterocycles. The van der Waals surface area contributed by atoms with E-state index in [1.54, 1.807) is 0 Å². The fraction of sp³-hybridized carbons (Fsp3) is 0.500. The summed E-state index contributed by atoms with van der Waals surface area (Å²) in [6.07, 6.45) is 0.424. The van der Waals surface area contributed by atoms with Crippen molar-refractivity contribution in [3.63, 3.8) is 0 Å². The Hall–Kier alpha value is -2.79. The van der Waals surface area contributed by atoms with E-state index in [9.17, 15) is 27.2 Å². The molecule has 1 aliphatic carbocycles. The van der Waals surface area contributed by atoms with Gasteiger partial charge in [0, 0.05) is 42.9 Å². The summed E-state index contributed by atoms with van der Waals surface area (Å²) >= 11 is 5.55. The van der Waals surface area contributed by atoms with E-state index in [1.165, 1.54) is 49.9 Å². The second-order valence-electron chi connectivity index (χ2n) is 9.16. The minimum Gasteiger partial charge on any atom is -0.381 e. The van der Waals surface area contributed by atoms with Crippen molar-refractivity contribution in [2.75, 3.05) is 18.1 Å². The first kappa shape index (κ1) is 26.3. The maximum atomic E-state index is 14.3. The second-order valence-corrected chi connectivity index (χ2v) is 9.54. The van der Waals surface area contributed by atoms with E-state index in [0.29, 0.717) is 26.1 Å². The first-order chi connectivity index (χ1) is 17.0. The van der Waals surface area contributed by atoms with Gasteiger partial charge in [-0.1, -0.05) is 23.7 Å². The standard InChI is InChI=1S/C24H25ClF4N4O3/c1-22(16-12-30-14-31-13-16,21(35)32-17-6-10-36-11-7-17)33(20(34)19(25)26)18-4-2-15(3-5-18)23(8-9-23)24(27,28)29/h2-5,12-14,17,19H,6-11H2,1H3,(H,32,35)/t19-,22+/m0/s1. The lowest BCUT2D eigenvalue weighted by molar-refractivity contribution is -0.160. The maximum absolute atomic E-state index is 14.3. The van der Waals surface area contributed by atoms with E-state index >= 15 is 0 Å². The van der Waals surface area contributed by atoms with Gasteiger partial charge in [-0.2, -0.15) is 13.2 Å². The van der Waals surface area contributed by atoms with Gasteiger partial charge in [0.05, 0.1) is 5.41 Å². The highest BCUT2D eigenvalue weighted by atomic mass is 35.5. The molecule has 4 rings (SSSR count). The fourth-order valence-corrected chi connectivity index (χ4v) is 4.67. The Morgan fingerprint density at radius 3 is 2.22 bits per heavy atom. The first-order valence-electron chi connectivity index (χ1n) is 11.4. The molecule has 2 aromatic rings. The van der Waals surface area contributed by atoms with Crippen LogP contribution in [0.3, 0.4) is 0 Å². The summed E-state index contributed by atoms with van der Waals surface area (Å²) in [6, 6.07) is 4.77. The van der Waals surface area contributed by atoms with E-state index in [0.717, 1.165) is 4.90 Å². The molecule has 1 aromatic carbocycles. The van der Waals surface area contributed by atoms with Crippen LogP contribution < -0.4 is 10.2 Å². The van der Waals surface area contributed by atoms with E-state index in [4.69, 9.17) is 16.3 Å². The monoisotopic (exact) mass is 528 g/mol. The molecule has 2 aliphatic rings. The fourth-order valence-electron chi connectivity index (χ4n) is 4.57. The Labute approximate surface area is 210 Å². The Balaban J connectivity index is 1.78. The summed E-state index contributed by atoms with van der Waals surface area (Å²) < 4.78 is 60.4. The summed E-state index contributed by atoms with van der Waals surface area (Å²) in [7, 11) is 0. The predicted octanol–water partition coefficient (Wildman–Crippen LogP) is 4.15. The molecule has 194 valence electrons. The Bertz CT molecular complexity index is 1090. The van der Waals surface area contributed by atoms with Crippen LogP contribution in [0.5, 0.6) is 0 Å². The van der Waals surface area contributed by atoms with E-state index in [2.05, 4.69) is 15.3 Å². The maximum Gasteiger partial charge on any atom is 0.398 e. The average Bonchev–Trinajstić information content (AvgIpc) is 3.68. The number of anilines is 1. The molecule has 0 bridgehead atoms. The molecule has 2 atom stereocenters. The molecule has 1 N–H and O–H groups in total. The van der Waals surface area contributed by atoms with E-state index in [-0.39, 0.29) is 35.7 Å². The van der Waals surface area contributed by atoms with Gasteiger partial charge in [0.25, 0.3) is 17.4 Å². The molecule has 1 saturated heterocycles. The third-order valence-electron chi connectivity index (χ3n) is 6.95. The molecule has 7 nitrogen and oxygen atoms in total. The van der Waals surface area contributed by atoms with Crippen LogP contribution in [0.15, 0.2) is 43.0 Å². The normalized spacial score (nSPS) is 20.2. The lowest BCUT2D eigenvalue weighted by Gasteiger charge is -2.41. The molecule has 36 heavy (non-hydrogen) atoms. The van der Waals surface area contributed by atoms with E-state index in [1.807, 2.05) is 0 Å². The topological polar surface area (TPSA) is 84.4 Å². The molecule has 1 saturated carbocycles. The van der Waals surface area contributed by atoms with Crippen LogP contribution in [-0.4, -0.2) is 52.8 Å². The SMILES string of the molecule is C[C@](C(=O)NC1CCOCC1)(c1cncnc1)N(C(=O)[C@H](F)Cl)c1ccc(C2(C(F)(F)F)CC2)cc1. The summed E-state index contributed by atoms with van der Waals surface area (Å²) in [4.78, 5) is 35.6. The van der Waals surface area contributed by atoms with Crippen LogP contribution in [0.2, 0.25) is 0 Å². The number of aromatic nitrogens is 2. The average molecular weight is 529 g/mol. The molecule has 0 unspecified atom stereocenters. The number of ether oxygens (including phenoxy) is 1. The number of alkyl halides is 5. The zero-order valence-corrected chi connectivity index (χ0v) is 20.2. The third kappa shape index (κ3) is 4.78. The lowest BCUT2D eigenvalue weighted by atomic mass is 9.88. The molecule has 2 fully saturated rings. The van der Waals surface area contributed by atoms with Crippen LogP contribution in [0.1, 0.15) is 43.7 Å². The van der Waals surface area contributed by atoms with Crippen LogP contribution in [0.25, 0.3) is 0 Å². The lowest BCUT2D eigenvalue weighted by Crippen LogP contribution is -2.60. The summed E-state index contributed by atoms with van der Waals surface area (Å²) in [5.41, 5.74) is -6.14. The van der Waals surface area contributed by atoms with Crippen molar-refractivity contribution in [1.29, 1.82) is 0 Å². The number of benzene rings is 1. The number of nitrogens with one attached hydrogen (secondary N) is 1. The van der Waals surface area contributed by atoms with Crippen molar-refractivity contribution in [2.45, 2.75) is 61.4 Å². The van der Waals surface area contributed by atoms with Gasteiger partial charge in [0.1, 0.15) is 6.33 Å². The highest BCUT2D eigenvalue weighted by Crippen LogP contribution is 2.59. The van der Waals surface area contributed by atoms with Gasteiger partial charge >= 0.3 is 6.18 Å². The Kier molecular flexibility index (Phi) is 7.25. The smallest absolute Gasteiger partial charge is 0.381 e. The Morgan fingerprint density at radius 2 is 1.72 bits per heavy atom. The number of hydrogen-bond donors (Lipinski definition) is 1. The molecule has 1 aliphatic heterocycles. The molecule has 0 spiro atoms. The van der Waals surface area contributed by atoms with Crippen LogP contribution in [-0.2, 0) is 25.3 Å². The number of nitrogens with zero attached hydrogens (tertiary/aromatic N) is 3. The second kappa shape index (κ2) is 9.93. The molecule has 2 heterocycles. The molecular formula is C24H25ClF4N4O3. The van der Waals surface area contributed by atoms with Crippen LogP contribution in [0.4, 0.5) is 23.2 Å². The Morgan fingerprint density at radius 1 is 1.14 bits per heavy atom. The van der Waals surface area contributed by atoms with Crippen LogP contribution in [0, 0.1) is 0 Å². The third-order valence-corrected chi connectivity index (χ3v) is 7.13. The van der Waals surface area contributed by atoms with Crippen molar-refractivity contribution in [3.8, 4) is 0 Å². The quantitative estimate of drug-likeness (QED) is 0.431. The highest BCUT2D eigenvalue weighted by molar-refractivity contribution is 6.32. The summed E-state index contributed by atoms with van der Waals surface area (Å²) in [5.74, 6) is -1.90. The zero-order valence-electron chi connectivity index (χ0n) is 19.4. The van der Waals surface area contributed by atoms with Gasteiger partial charge in [-0.05, 0) is 50.3 Å². The van der Waals surface area contributed by atoms with E-state index < -0.39 is 34.6 Å². The number of carbonyl (C=O) groups excluding carboxylic acids is 2. The van der Waals surface area contributed by atoms with Gasteiger partial charge < -0.3 is 10.1 Å². The van der Waals surface area contributed by atoms with Gasteiger partial charge in [0.2, 0.25) is 0 Å². The number of carbonyl (C=O) groups is 2. The zero-order chi connectivity index (χ0) is 26.1. The van der Waals surface area contributed by atoms with Gasteiger partial charge in [-0.3, -0.25) is 14.5 Å². The molecule has 12 heteroatoms. The van der Waals surface area contributed by atoms with Crippen molar-refractivity contribution in [2.24, 2.45) is 0 Å². The first-order valence-corrected chi connectivity index (χ1v) is 11.9.